The summed E-state index contributed by atoms with van der Waals surface area (Å²) in [5.41, 5.74) is 6.02. The summed E-state index contributed by atoms with van der Waals surface area (Å²) in [6.45, 7) is 15.8. The van der Waals surface area contributed by atoms with Gasteiger partial charge in [0.05, 0.1) is 42.0 Å². The van der Waals surface area contributed by atoms with Crippen molar-refractivity contribution in [2.75, 3.05) is 26.3 Å². The lowest BCUT2D eigenvalue weighted by atomic mass is 10.0. The van der Waals surface area contributed by atoms with E-state index in [1.165, 1.54) is 0 Å². The molecule has 0 atom stereocenters. The third-order valence-corrected chi connectivity index (χ3v) is 5.63. The van der Waals surface area contributed by atoms with Gasteiger partial charge in [-0.05, 0) is 51.5 Å². The molecule has 1 saturated heterocycles. The van der Waals surface area contributed by atoms with E-state index in [9.17, 15) is 4.79 Å². The number of morpholine rings is 1. The Morgan fingerprint density at radius 2 is 2.03 bits per heavy atom. The zero-order valence-corrected chi connectivity index (χ0v) is 18.7. The van der Waals surface area contributed by atoms with Gasteiger partial charge in [-0.15, -0.1) is 0 Å². The van der Waals surface area contributed by atoms with Crippen molar-refractivity contribution < 1.29 is 14.3 Å². The lowest BCUT2D eigenvalue weighted by molar-refractivity contribution is 0.0377. The van der Waals surface area contributed by atoms with Crippen molar-refractivity contribution in [2.45, 2.75) is 40.3 Å². The number of esters is 1. The van der Waals surface area contributed by atoms with Gasteiger partial charge in [-0.1, -0.05) is 6.58 Å². The monoisotopic (exact) mass is 422 g/mol. The summed E-state index contributed by atoms with van der Waals surface area (Å²) in [5.74, 6) is -0.316. The van der Waals surface area contributed by atoms with Crippen molar-refractivity contribution in [3.8, 4) is 11.3 Å². The average molecular weight is 423 g/mol. The van der Waals surface area contributed by atoms with Crippen molar-refractivity contribution in [3.63, 3.8) is 0 Å². The molecule has 0 saturated carbocycles. The van der Waals surface area contributed by atoms with E-state index in [1.807, 2.05) is 43.8 Å². The quantitative estimate of drug-likeness (QED) is 0.562. The van der Waals surface area contributed by atoms with Crippen LogP contribution in [0.1, 0.15) is 42.4 Å². The number of pyridine rings is 1. The van der Waals surface area contributed by atoms with Gasteiger partial charge in [0.1, 0.15) is 0 Å². The summed E-state index contributed by atoms with van der Waals surface area (Å²) in [7, 11) is 0. The van der Waals surface area contributed by atoms with Crippen LogP contribution >= 0.6 is 0 Å². The van der Waals surface area contributed by atoms with E-state index in [4.69, 9.17) is 9.47 Å². The van der Waals surface area contributed by atoms with Crippen LogP contribution in [-0.2, 0) is 16.0 Å². The topological polar surface area (TPSA) is 61.0 Å². The Bertz CT molecular complexity index is 1120. The largest absolute Gasteiger partial charge is 0.459 e. The molecule has 0 aromatic carbocycles. The first-order valence-electron chi connectivity index (χ1n) is 10.8. The van der Waals surface area contributed by atoms with E-state index in [0.717, 1.165) is 53.4 Å². The van der Waals surface area contributed by atoms with Crippen LogP contribution in [0.2, 0.25) is 0 Å². The molecule has 1 aliphatic rings. The maximum atomic E-state index is 12.9. The molecule has 7 heteroatoms. The van der Waals surface area contributed by atoms with Crippen LogP contribution in [0.15, 0.2) is 37.2 Å². The molecule has 7 nitrogen and oxygen atoms in total. The summed E-state index contributed by atoms with van der Waals surface area (Å²) in [6, 6.07) is 5.97. The van der Waals surface area contributed by atoms with Crippen LogP contribution in [0, 0.1) is 6.92 Å². The number of nitrogens with zero attached hydrogens (tertiary/aromatic N) is 4. The SMILES string of the molecule is C=C(c1c(C)c(C(=O)OC(C)C)cc2cc(-c3ccn(CC)n3)cn12)N1CCOCC1. The summed E-state index contributed by atoms with van der Waals surface area (Å²) in [5, 5.41) is 4.64. The molecular weight excluding hydrogens is 392 g/mol. The molecule has 3 aromatic rings. The molecular formula is C24H30N4O3. The first-order chi connectivity index (χ1) is 14.9. The minimum absolute atomic E-state index is 0.186. The Balaban J connectivity index is 1.87. The molecule has 0 bridgehead atoms. The Morgan fingerprint density at radius 1 is 1.29 bits per heavy atom. The van der Waals surface area contributed by atoms with Crippen LogP contribution in [-0.4, -0.2) is 57.5 Å². The van der Waals surface area contributed by atoms with Crippen LogP contribution in [0.25, 0.3) is 22.5 Å². The number of fused-ring (bicyclic) bond motifs is 1. The number of carbonyl (C=O) groups excluding carboxylic acids is 1. The van der Waals surface area contributed by atoms with E-state index in [0.29, 0.717) is 18.8 Å². The van der Waals surface area contributed by atoms with Gasteiger partial charge in [0.15, 0.2) is 0 Å². The molecule has 0 unspecified atom stereocenters. The molecule has 1 aliphatic heterocycles. The number of hydrogen-bond acceptors (Lipinski definition) is 5. The molecule has 1 fully saturated rings. The predicted molar refractivity (Wildman–Crippen MR) is 121 cm³/mol. The molecule has 31 heavy (non-hydrogen) atoms. The van der Waals surface area contributed by atoms with E-state index in [-0.39, 0.29) is 12.1 Å². The van der Waals surface area contributed by atoms with E-state index in [1.54, 1.807) is 0 Å². The Labute approximate surface area is 182 Å². The smallest absolute Gasteiger partial charge is 0.338 e. The third-order valence-electron chi connectivity index (χ3n) is 5.63. The number of rotatable bonds is 6. The van der Waals surface area contributed by atoms with Gasteiger partial charge in [0, 0.05) is 43.1 Å². The summed E-state index contributed by atoms with van der Waals surface area (Å²) in [6.07, 6.45) is 3.86. The highest BCUT2D eigenvalue weighted by atomic mass is 16.5. The van der Waals surface area contributed by atoms with Crippen LogP contribution in [0.5, 0.6) is 0 Å². The maximum absolute atomic E-state index is 12.9. The normalized spacial score (nSPS) is 14.4. The summed E-state index contributed by atoms with van der Waals surface area (Å²) < 4.78 is 15.1. The molecule has 0 spiro atoms. The minimum Gasteiger partial charge on any atom is -0.459 e. The first-order valence-corrected chi connectivity index (χ1v) is 10.8. The van der Waals surface area contributed by atoms with Crippen LogP contribution in [0.4, 0.5) is 0 Å². The molecule has 4 rings (SSSR count). The van der Waals surface area contributed by atoms with Crippen molar-refractivity contribution in [1.82, 2.24) is 19.1 Å². The zero-order chi connectivity index (χ0) is 22.1. The van der Waals surface area contributed by atoms with Gasteiger partial charge >= 0.3 is 5.97 Å². The van der Waals surface area contributed by atoms with Crippen molar-refractivity contribution >= 4 is 17.2 Å². The highest BCUT2D eigenvalue weighted by Gasteiger charge is 2.23. The number of carbonyl (C=O) groups is 1. The number of aryl methyl sites for hydroxylation is 1. The van der Waals surface area contributed by atoms with E-state index >= 15 is 0 Å². The molecule has 0 N–H and O–H groups in total. The highest BCUT2D eigenvalue weighted by molar-refractivity contribution is 5.94. The fraction of sp³-hybridized carbons (Fsp3) is 0.417. The second-order valence-corrected chi connectivity index (χ2v) is 8.11. The molecule has 0 amide bonds. The number of ether oxygens (including phenoxy) is 2. The highest BCUT2D eigenvalue weighted by Crippen LogP contribution is 2.31. The lowest BCUT2D eigenvalue weighted by Crippen LogP contribution is -2.35. The molecule has 4 heterocycles. The van der Waals surface area contributed by atoms with Crippen molar-refractivity contribution in [2.24, 2.45) is 0 Å². The third kappa shape index (κ3) is 4.10. The second-order valence-electron chi connectivity index (χ2n) is 8.11. The Hall–Kier alpha value is -3.06. The number of hydrogen-bond donors (Lipinski definition) is 0. The molecule has 3 aromatic heterocycles. The van der Waals surface area contributed by atoms with Gasteiger partial charge in [0.25, 0.3) is 0 Å². The zero-order valence-electron chi connectivity index (χ0n) is 18.7. The molecule has 0 aliphatic carbocycles. The maximum Gasteiger partial charge on any atom is 0.338 e. The molecule has 164 valence electrons. The minimum atomic E-state index is -0.316. The fourth-order valence-corrected chi connectivity index (χ4v) is 4.01. The van der Waals surface area contributed by atoms with Crippen molar-refractivity contribution in [3.05, 3.63) is 54.0 Å². The Morgan fingerprint density at radius 3 is 2.68 bits per heavy atom. The van der Waals surface area contributed by atoms with Crippen molar-refractivity contribution in [1.29, 1.82) is 0 Å². The predicted octanol–water partition coefficient (Wildman–Crippen LogP) is 4.00. The Kier molecular flexibility index (Phi) is 5.87. The van der Waals surface area contributed by atoms with Gasteiger partial charge in [-0.2, -0.15) is 5.10 Å². The standard InChI is InChI=1S/C24H30N4O3/c1-6-27-8-7-22(25-27)19-13-20-14-21(24(29)31-16(2)3)17(4)23(28(20)15-19)18(5)26-9-11-30-12-10-26/h7-8,13-16H,5-6,9-12H2,1-4H3. The molecule has 0 radical (unpaired) electrons. The van der Waals surface area contributed by atoms with Gasteiger partial charge in [-0.25, -0.2) is 4.79 Å². The van der Waals surface area contributed by atoms with Gasteiger partial charge < -0.3 is 18.8 Å². The first kappa shape index (κ1) is 21.2. The number of aromatic nitrogens is 3. The lowest BCUT2D eigenvalue weighted by Gasteiger charge is -2.31. The second kappa shape index (κ2) is 8.59. The van der Waals surface area contributed by atoms with Crippen LogP contribution in [0.3, 0.4) is 0 Å². The average Bonchev–Trinajstić information content (AvgIpc) is 3.39. The summed E-state index contributed by atoms with van der Waals surface area (Å²) >= 11 is 0. The van der Waals surface area contributed by atoms with E-state index in [2.05, 4.69) is 40.2 Å². The van der Waals surface area contributed by atoms with Gasteiger partial charge in [-0.3, -0.25) is 4.68 Å². The van der Waals surface area contributed by atoms with Crippen LogP contribution < -0.4 is 0 Å². The van der Waals surface area contributed by atoms with E-state index < -0.39 is 0 Å². The van der Waals surface area contributed by atoms with Gasteiger partial charge in [0.2, 0.25) is 0 Å². The summed E-state index contributed by atoms with van der Waals surface area (Å²) in [4.78, 5) is 15.1. The fourth-order valence-electron chi connectivity index (χ4n) is 4.01.